The van der Waals surface area contributed by atoms with Gasteiger partial charge in [-0.3, -0.25) is 4.79 Å². The van der Waals surface area contributed by atoms with Crippen LogP contribution in [0, 0.1) is 17.8 Å². The second kappa shape index (κ2) is 7.37. The summed E-state index contributed by atoms with van der Waals surface area (Å²) in [5, 5.41) is 9.78. The van der Waals surface area contributed by atoms with Crippen molar-refractivity contribution in [3.05, 3.63) is 0 Å². The Morgan fingerprint density at radius 2 is 2.16 bits per heavy atom. The zero-order chi connectivity index (χ0) is 17.4. The summed E-state index contributed by atoms with van der Waals surface area (Å²) in [5.41, 5.74) is 0. The molecule has 7 atom stereocenters. The van der Waals surface area contributed by atoms with E-state index in [4.69, 9.17) is 0 Å². The van der Waals surface area contributed by atoms with Crippen LogP contribution in [0.2, 0.25) is 0 Å². The molecule has 3 amide bonds. The first-order chi connectivity index (χ1) is 12.1. The molecule has 2 aliphatic carbocycles. The van der Waals surface area contributed by atoms with Crippen molar-refractivity contribution in [1.82, 2.24) is 16.0 Å². The SMILES string of the molecule is C[C@@H](NC(=O)CCCC[C@@H]1SC[C@@H]2NC(=O)N[C@@H]21)[C@@H]1C[C@H]2CC[C@H]1C2. The maximum atomic E-state index is 12.3. The van der Waals surface area contributed by atoms with Gasteiger partial charge >= 0.3 is 6.03 Å². The van der Waals surface area contributed by atoms with Gasteiger partial charge in [-0.1, -0.05) is 12.8 Å². The first-order valence-corrected chi connectivity index (χ1v) is 11.1. The third-order valence-electron chi connectivity index (χ3n) is 6.90. The lowest BCUT2D eigenvalue weighted by Crippen LogP contribution is -2.40. The minimum Gasteiger partial charge on any atom is -0.353 e. The predicted octanol–water partition coefficient (Wildman–Crippen LogP) is 2.65. The topological polar surface area (TPSA) is 70.2 Å². The molecule has 2 saturated heterocycles. The van der Waals surface area contributed by atoms with E-state index in [-0.39, 0.29) is 18.0 Å². The molecule has 0 aromatic carbocycles. The van der Waals surface area contributed by atoms with Crippen LogP contribution in [0.3, 0.4) is 0 Å². The van der Waals surface area contributed by atoms with Crippen molar-refractivity contribution in [2.45, 2.75) is 81.7 Å². The van der Waals surface area contributed by atoms with Crippen LogP contribution in [0.5, 0.6) is 0 Å². The molecule has 0 radical (unpaired) electrons. The fraction of sp³-hybridized carbons (Fsp3) is 0.895. The number of carbonyl (C=O) groups is 2. The van der Waals surface area contributed by atoms with Gasteiger partial charge in [0.05, 0.1) is 12.1 Å². The smallest absolute Gasteiger partial charge is 0.315 e. The fourth-order valence-corrected chi connectivity index (χ4v) is 7.16. The van der Waals surface area contributed by atoms with E-state index in [1.807, 2.05) is 11.8 Å². The molecule has 4 aliphatic rings. The maximum Gasteiger partial charge on any atom is 0.315 e. The number of carbonyl (C=O) groups excluding carboxylic acids is 2. The van der Waals surface area contributed by atoms with Gasteiger partial charge in [0.15, 0.2) is 0 Å². The van der Waals surface area contributed by atoms with Crippen molar-refractivity contribution in [1.29, 1.82) is 0 Å². The van der Waals surface area contributed by atoms with E-state index < -0.39 is 0 Å². The fourth-order valence-electron chi connectivity index (χ4n) is 5.61. The first-order valence-electron chi connectivity index (χ1n) is 10.1. The number of unbranched alkanes of at least 4 members (excludes halogenated alkanes) is 1. The Labute approximate surface area is 154 Å². The van der Waals surface area contributed by atoms with E-state index in [1.54, 1.807) is 0 Å². The molecule has 0 spiro atoms. The molecule has 2 heterocycles. The van der Waals surface area contributed by atoms with Crippen molar-refractivity contribution in [2.75, 3.05) is 5.75 Å². The van der Waals surface area contributed by atoms with E-state index in [1.165, 1.54) is 25.7 Å². The van der Waals surface area contributed by atoms with Gasteiger partial charge in [-0.2, -0.15) is 11.8 Å². The van der Waals surface area contributed by atoms with Gasteiger partial charge in [-0.05, 0) is 56.8 Å². The molecule has 0 aromatic heterocycles. The molecule has 2 bridgehead atoms. The summed E-state index contributed by atoms with van der Waals surface area (Å²) in [5.74, 6) is 3.75. The van der Waals surface area contributed by atoms with Crippen molar-refractivity contribution in [3.63, 3.8) is 0 Å². The van der Waals surface area contributed by atoms with Crippen LogP contribution in [0.25, 0.3) is 0 Å². The Hall–Kier alpha value is -0.910. The Morgan fingerprint density at radius 3 is 2.92 bits per heavy atom. The summed E-state index contributed by atoms with van der Waals surface area (Å²) in [6.07, 6.45) is 9.26. The zero-order valence-corrected chi connectivity index (χ0v) is 15.9. The Morgan fingerprint density at radius 1 is 1.28 bits per heavy atom. The molecule has 2 saturated carbocycles. The van der Waals surface area contributed by atoms with Crippen molar-refractivity contribution in [2.24, 2.45) is 17.8 Å². The molecule has 25 heavy (non-hydrogen) atoms. The Balaban J connectivity index is 1.12. The molecule has 140 valence electrons. The highest BCUT2D eigenvalue weighted by Crippen LogP contribution is 2.49. The molecule has 6 heteroatoms. The summed E-state index contributed by atoms with van der Waals surface area (Å²) in [6, 6.07) is 0.903. The minimum atomic E-state index is -0.0192. The predicted molar refractivity (Wildman–Crippen MR) is 101 cm³/mol. The summed E-state index contributed by atoms with van der Waals surface area (Å²) in [4.78, 5) is 23.7. The van der Waals surface area contributed by atoms with Gasteiger partial charge in [0, 0.05) is 23.5 Å². The van der Waals surface area contributed by atoms with Gasteiger partial charge in [0.1, 0.15) is 0 Å². The summed E-state index contributed by atoms with van der Waals surface area (Å²) in [7, 11) is 0. The standard InChI is InChI=1S/C19H31N3O2S/c1-11(14-9-12-6-7-13(14)8-12)20-17(23)5-3-2-4-16-18-15(10-25-16)21-19(24)22-18/h11-16,18H,2-10H2,1H3,(H,20,23)(H2,21,22,24)/t11-,12+,13+,14+,15+,16+,18+/m1/s1. The van der Waals surface area contributed by atoms with Gasteiger partial charge in [-0.25, -0.2) is 4.79 Å². The number of nitrogens with one attached hydrogen (secondary N) is 3. The van der Waals surface area contributed by atoms with Gasteiger partial charge in [0.2, 0.25) is 5.91 Å². The minimum absolute atomic E-state index is 0.0192. The highest BCUT2D eigenvalue weighted by molar-refractivity contribution is 8.00. The van der Waals surface area contributed by atoms with E-state index >= 15 is 0 Å². The Bertz CT molecular complexity index is 529. The molecular weight excluding hydrogens is 334 g/mol. The number of hydrogen-bond acceptors (Lipinski definition) is 3. The zero-order valence-electron chi connectivity index (χ0n) is 15.1. The number of thioether (sulfide) groups is 1. The summed E-state index contributed by atoms with van der Waals surface area (Å²) in [6.45, 7) is 2.20. The van der Waals surface area contributed by atoms with E-state index in [2.05, 4.69) is 22.9 Å². The van der Waals surface area contributed by atoms with Crippen LogP contribution >= 0.6 is 11.8 Å². The van der Waals surface area contributed by atoms with Crippen LogP contribution in [-0.4, -0.2) is 41.1 Å². The molecule has 2 aliphatic heterocycles. The molecule has 5 nitrogen and oxygen atoms in total. The quantitative estimate of drug-likeness (QED) is 0.480. The van der Waals surface area contributed by atoms with Crippen LogP contribution in [0.4, 0.5) is 4.79 Å². The van der Waals surface area contributed by atoms with Gasteiger partial charge in [-0.15, -0.1) is 0 Å². The van der Waals surface area contributed by atoms with Crippen LogP contribution < -0.4 is 16.0 Å². The largest absolute Gasteiger partial charge is 0.353 e. The third kappa shape index (κ3) is 3.79. The molecule has 4 rings (SSSR count). The second-order valence-electron chi connectivity index (χ2n) is 8.56. The third-order valence-corrected chi connectivity index (χ3v) is 8.41. The highest BCUT2D eigenvalue weighted by Gasteiger charge is 2.43. The van der Waals surface area contributed by atoms with Crippen LogP contribution in [0.15, 0.2) is 0 Å². The number of hydrogen-bond donors (Lipinski definition) is 3. The van der Waals surface area contributed by atoms with Gasteiger partial charge < -0.3 is 16.0 Å². The molecule has 0 unspecified atom stereocenters. The number of amides is 3. The molecular formula is C19H31N3O2S. The molecule has 3 N–H and O–H groups in total. The lowest BCUT2D eigenvalue weighted by molar-refractivity contribution is -0.122. The maximum absolute atomic E-state index is 12.3. The van der Waals surface area contributed by atoms with E-state index in [0.29, 0.717) is 29.7 Å². The number of fused-ring (bicyclic) bond motifs is 3. The second-order valence-corrected chi connectivity index (χ2v) is 9.83. The molecule has 4 fully saturated rings. The summed E-state index contributed by atoms with van der Waals surface area (Å²) < 4.78 is 0. The average molecular weight is 366 g/mol. The van der Waals surface area contributed by atoms with Crippen molar-refractivity contribution in [3.8, 4) is 0 Å². The Kier molecular flexibility index (Phi) is 5.16. The highest BCUT2D eigenvalue weighted by atomic mass is 32.2. The monoisotopic (exact) mass is 365 g/mol. The molecule has 0 aromatic rings. The van der Waals surface area contributed by atoms with E-state index in [0.717, 1.165) is 36.9 Å². The summed E-state index contributed by atoms with van der Waals surface area (Å²) >= 11 is 1.95. The van der Waals surface area contributed by atoms with Gasteiger partial charge in [0.25, 0.3) is 0 Å². The van der Waals surface area contributed by atoms with E-state index in [9.17, 15) is 9.59 Å². The average Bonchev–Trinajstić information content (AvgIpc) is 3.33. The number of urea groups is 1. The van der Waals surface area contributed by atoms with Crippen molar-refractivity contribution < 1.29 is 9.59 Å². The first kappa shape index (κ1) is 17.5. The lowest BCUT2D eigenvalue weighted by Gasteiger charge is -2.28. The van der Waals surface area contributed by atoms with Crippen LogP contribution in [-0.2, 0) is 4.79 Å². The lowest BCUT2D eigenvalue weighted by atomic mass is 9.84. The normalized spacial score (nSPS) is 39.8. The van der Waals surface area contributed by atoms with Crippen molar-refractivity contribution >= 4 is 23.7 Å². The van der Waals surface area contributed by atoms with Crippen LogP contribution in [0.1, 0.15) is 58.3 Å². The number of rotatable bonds is 7.